The first-order valence-electron chi connectivity index (χ1n) is 7.09. The van der Waals surface area contributed by atoms with Crippen molar-refractivity contribution < 1.29 is 10.2 Å². The van der Waals surface area contributed by atoms with Gasteiger partial charge in [0.05, 0.1) is 17.7 Å². The summed E-state index contributed by atoms with van der Waals surface area (Å²) >= 11 is 6.36. The van der Waals surface area contributed by atoms with Crippen LogP contribution in [-0.2, 0) is 0 Å². The predicted molar refractivity (Wildman–Crippen MR) is 86.1 cm³/mol. The number of aromatic nitrogens is 3. The lowest BCUT2D eigenvalue weighted by Gasteiger charge is -2.17. The van der Waals surface area contributed by atoms with E-state index in [4.69, 9.17) is 11.6 Å². The molecule has 0 spiro atoms. The molecule has 114 valence electrons. The molecule has 1 aromatic carbocycles. The Balaban J connectivity index is 2.38. The first-order valence-corrected chi connectivity index (χ1v) is 7.46. The van der Waals surface area contributed by atoms with Gasteiger partial charge >= 0.3 is 0 Å². The van der Waals surface area contributed by atoms with Crippen molar-refractivity contribution in [3.8, 4) is 17.1 Å². The van der Waals surface area contributed by atoms with E-state index < -0.39 is 0 Å². The smallest absolute Gasteiger partial charge is 0.296 e. The molecule has 6 heteroatoms. The summed E-state index contributed by atoms with van der Waals surface area (Å²) in [6.07, 6.45) is 2.18. The molecule has 0 unspecified atom stereocenters. The van der Waals surface area contributed by atoms with Crippen LogP contribution in [0.3, 0.4) is 0 Å². The number of aliphatic hydroxyl groups is 1. The summed E-state index contributed by atoms with van der Waals surface area (Å²) in [5.74, 6) is 0. The molecule has 0 bridgehead atoms. The van der Waals surface area contributed by atoms with E-state index in [-0.39, 0.29) is 18.7 Å². The Kier molecular flexibility index (Phi) is 4.00. The summed E-state index contributed by atoms with van der Waals surface area (Å²) in [6.45, 7) is 1.84. The highest BCUT2D eigenvalue weighted by Gasteiger charge is 2.22. The Labute approximate surface area is 132 Å². The van der Waals surface area contributed by atoms with E-state index in [1.54, 1.807) is 4.57 Å². The van der Waals surface area contributed by atoms with Gasteiger partial charge in [0.1, 0.15) is 5.52 Å². The van der Waals surface area contributed by atoms with E-state index in [1.807, 2.05) is 37.3 Å². The Bertz CT molecular complexity index is 798. The number of aromatic hydroxyl groups is 1. The molecule has 0 radical (unpaired) electrons. The molecule has 2 aromatic heterocycles. The molecule has 2 N–H and O–H groups in total. The Morgan fingerprint density at radius 3 is 2.64 bits per heavy atom. The molecule has 0 aliphatic heterocycles. The van der Waals surface area contributed by atoms with Crippen molar-refractivity contribution >= 4 is 22.8 Å². The fourth-order valence-corrected chi connectivity index (χ4v) is 2.89. The molecule has 5 nitrogen and oxygen atoms in total. The topological polar surface area (TPSA) is 71.2 Å². The largest absolute Gasteiger partial charge is 0.480 e. The Morgan fingerprint density at radius 1 is 1.27 bits per heavy atom. The Morgan fingerprint density at radius 2 is 2.00 bits per heavy atom. The highest BCUT2D eigenvalue weighted by atomic mass is 35.5. The fourth-order valence-electron chi connectivity index (χ4n) is 2.65. The van der Waals surface area contributed by atoms with Gasteiger partial charge in [-0.15, -0.1) is 0 Å². The third kappa shape index (κ3) is 2.32. The van der Waals surface area contributed by atoms with Crippen molar-refractivity contribution in [3.05, 3.63) is 41.6 Å². The maximum absolute atomic E-state index is 10.2. The molecule has 0 saturated heterocycles. The third-order valence-corrected chi connectivity index (χ3v) is 4.05. The highest BCUT2D eigenvalue weighted by Crippen LogP contribution is 2.37. The van der Waals surface area contributed by atoms with Crippen molar-refractivity contribution in [2.24, 2.45) is 0 Å². The minimum Gasteiger partial charge on any atom is -0.480 e. The van der Waals surface area contributed by atoms with Crippen molar-refractivity contribution in [1.29, 1.82) is 0 Å². The summed E-state index contributed by atoms with van der Waals surface area (Å²) in [7, 11) is 0. The number of hydrogen-bond donors (Lipinski definition) is 2. The van der Waals surface area contributed by atoms with Crippen LogP contribution in [0.1, 0.15) is 19.4 Å². The number of pyridine rings is 1. The molecule has 0 saturated carbocycles. The molecule has 0 fully saturated rings. The number of nitrogens with zero attached hydrogens (tertiary/aromatic N) is 3. The van der Waals surface area contributed by atoms with Gasteiger partial charge in [0.2, 0.25) is 0 Å². The van der Waals surface area contributed by atoms with E-state index in [0.717, 1.165) is 11.1 Å². The number of halogens is 1. The lowest BCUT2D eigenvalue weighted by atomic mass is 10.1. The molecule has 22 heavy (non-hydrogen) atoms. The van der Waals surface area contributed by atoms with Crippen molar-refractivity contribution in [3.63, 3.8) is 0 Å². The summed E-state index contributed by atoms with van der Waals surface area (Å²) in [6, 6.07) is 9.19. The molecule has 1 atom stereocenters. The first-order chi connectivity index (χ1) is 10.7. The lowest BCUT2D eigenvalue weighted by molar-refractivity contribution is 0.216. The monoisotopic (exact) mass is 317 g/mol. The van der Waals surface area contributed by atoms with E-state index in [0.29, 0.717) is 22.6 Å². The van der Waals surface area contributed by atoms with Crippen LogP contribution in [0, 0.1) is 0 Å². The van der Waals surface area contributed by atoms with Crippen molar-refractivity contribution in [2.75, 3.05) is 6.61 Å². The van der Waals surface area contributed by atoms with Crippen molar-refractivity contribution in [2.45, 2.75) is 19.4 Å². The van der Waals surface area contributed by atoms with E-state index in [1.165, 1.54) is 6.20 Å². The highest BCUT2D eigenvalue weighted by molar-refractivity contribution is 6.34. The minimum atomic E-state index is -0.285. The number of hydrogen-bond acceptors (Lipinski definition) is 4. The molecule has 0 aliphatic rings. The molecular formula is C16H16ClN3O2. The standard InChI is InChI=1S/C16H16ClN3O2/c1-2-11(9-21)20-14-13(10-6-4-3-5-7-10)12(17)8-18-15(14)19-16(20)22/h3-8,11,21H,2,9H2,1H3,(H,18,19,22)/t11-/m0/s1. The van der Waals surface area contributed by atoms with Crippen LogP contribution in [0.15, 0.2) is 36.5 Å². The maximum atomic E-state index is 10.2. The zero-order valence-electron chi connectivity index (χ0n) is 12.1. The molecule has 2 heterocycles. The van der Waals surface area contributed by atoms with Gasteiger partial charge in [-0.1, -0.05) is 48.9 Å². The third-order valence-electron chi connectivity index (χ3n) is 3.76. The van der Waals surface area contributed by atoms with Gasteiger partial charge in [0, 0.05) is 11.8 Å². The van der Waals surface area contributed by atoms with Crippen molar-refractivity contribution in [1.82, 2.24) is 14.5 Å². The molecule has 3 aromatic rings. The van der Waals surface area contributed by atoms with Crippen LogP contribution >= 0.6 is 11.6 Å². The van der Waals surface area contributed by atoms with Gasteiger partial charge in [-0.25, -0.2) is 4.98 Å². The molecule has 3 rings (SSSR count). The minimum absolute atomic E-state index is 0.101. The average Bonchev–Trinajstić information content (AvgIpc) is 2.86. The number of aliphatic hydroxyl groups excluding tert-OH is 1. The number of rotatable bonds is 4. The van der Waals surface area contributed by atoms with Crippen LogP contribution in [0.25, 0.3) is 22.3 Å². The SMILES string of the molecule is CC[C@@H](CO)n1c(O)nc2ncc(Cl)c(-c3ccccc3)c21. The Hall–Kier alpha value is -2.11. The zero-order chi connectivity index (χ0) is 15.7. The van der Waals surface area contributed by atoms with E-state index in [2.05, 4.69) is 9.97 Å². The lowest BCUT2D eigenvalue weighted by Crippen LogP contribution is -2.12. The molecule has 0 aliphatic carbocycles. The van der Waals surface area contributed by atoms with Gasteiger partial charge in [-0.05, 0) is 12.0 Å². The summed E-state index contributed by atoms with van der Waals surface area (Å²) < 4.78 is 1.61. The number of imidazole rings is 1. The second kappa shape index (κ2) is 5.94. The van der Waals surface area contributed by atoms with Crippen LogP contribution < -0.4 is 0 Å². The van der Waals surface area contributed by atoms with Gasteiger partial charge in [-0.3, -0.25) is 4.57 Å². The number of benzene rings is 1. The zero-order valence-corrected chi connectivity index (χ0v) is 12.8. The van der Waals surface area contributed by atoms with Crippen LogP contribution in [0.2, 0.25) is 5.02 Å². The summed E-state index contributed by atoms with van der Waals surface area (Å²) in [5.41, 5.74) is 2.71. The summed E-state index contributed by atoms with van der Waals surface area (Å²) in [4.78, 5) is 8.29. The fraction of sp³-hybridized carbons (Fsp3) is 0.250. The first kappa shape index (κ1) is 14.8. The van der Waals surface area contributed by atoms with Gasteiger partial charge < -0.3 is 10.2 Å². The molecular weight excluding hydrogens is 302 g/mol. The second-order valence-corrected chi connectivity index (χ2v) is 5.45. The van der Waals surface area contributed by atoms with Gasteiger partial charge in [0.15, 0.2) is 5.65 Å². The normalized spacial score (nSPS) is 12.7. The van der Waals surface area contributed by atoms with Crippen LogP contribution in [0.4, 0.5) is 0 Å². The summed E-state index contributed by atoms with van der Waals surface area (Å²) in [5, 5.41) is 20.3. The van der Waals surface area contributed by atoms with E-state index >= 15 is 0 Å². The second-order valence-electron chi connectivity index (χ2n) is 5.05. The number of fused-ring (bicyclic) bond motifs is 1. The quantitative estimate of drug-likeness (QED) is 0.773. The van der Waals surface area contributed by atoms with Crippen LogP contribution in [-0.4, -0.2) is 31.4 Å². The maximum Gasteiger partial charge on any atom is 0.296 e. The van der Waals surface area contributed by atoms with E-state index in [9.17, 15) is 10.2 Å². The molecule has 0 amide bonds. The predicted octanol–water partition coefficient (Wildman–Crippen LogP) is 3.40. The van der Waals surface area contributed by atoms with Crippen LogP contribution in [0.5, 0.6) is 6.01 Å². The average molecular weight is 318 g/mol. The van der Waals surface area contributed by atoms with Gasteiger partial charge in [-0.2, -0.15) is 4.98 Å². The van der Waals surface area contributed by atoms with Gasteiger partial charge in [0.25, 0.3) is 6.01 Å².